The maximum Gasteiger partial charge on any atom is 0.222 e. The van der Waals surface area contributed by atoms with Crippen LogP contribution >= 0.6 is 11.6 Å². The predicted molar refractivity (Wildman–Crippen MR) is 98.0 cm³/mol. The molecule has 1 saturated heterocycles. The van der Waals surface area contributed by atoms with Crippen LogP contribution in [0.5, 0.6) is 0 Å². The van der Waals surface area contributed by atoms with Gasteiger partial charge in [0.25, 0.3) is 0 Å². The average molecular weight is 350 g/mol. The van der Waals surface area contributed by atoms with E-state index >= 15 is 0 Å². The molecule has 2 fully saturated rings. The van der Waals surface area contributed by atoms with E-state index in [0.29, 0.717) is 18.4 Å². The second-order valence-electron chi connectivity index (χ2n) is 7.20. The van der Waals surface area contributed by atoms with E-state index in [0.717, 1.165) is 44.0 Å². The van der Waals surface area contributed by atoms with Crippen molar-refractivity contribution in [2.24, 2.45) is 11.7 Å². The minimum Gasteiger partial charge on any atom is -0.340 e. The summed E-state index contributed by atoms with van der Waals surface area (Å²) in [6.07, 6.45) is 3.99. The Kier molecular flexibility index (Phi) is 5.80. The molecule has 1 amide bonds. The molecule has 0 bridgehead atoms. The molecule has 3 rings (SSSR count). The lowest BCUT2D eigenvalue weighted by Crippen LogP contribution is -2.49. The normalized spacial score (nSPS) is 26.5. The molecule has 1 saturated carbocycles. The lowest BCUT2D eigenvalue weighted by Gasteiger charge is -2.38. The SMILES string of the molecule is CC(c1ccc(Cl)cc1)N1CCN(C(=O)C[C@@H]2CCC[C@H]2N)CC1. The third-order valence-corrected chi connectivity index (χ3v) is 5.97. The summed E-state index contributed by atoms with van der Waals surface area (Å²) in [4.78, 5) is 17.0. The summed E-state index contributed by atoms with van der Waals surface area (Å²) in [5.74, 6) is 0.680. The number of nitrogens with two attached hydrogens (primary N) is 1. The molecule has 0 aromatic heterocycles. The van der Waals surface area contributed by atoms with Crippen LogP contribution in [0, 0.1) is 5.92 Å². The second-order valence-corrected chi connectivity index (χ2v) is 7.64. The number of halogens is 1. The highest BCUT2D eigenvalue weighted by Crippen LogP contribution is 2.28. The van der Waals surface area contributed by atoms with E-state index in [2.05, 4.69) is 24.0 Å². The zero-order valence-corrected chi connectivity index (χ0v) is 15.2. The summed E-state index contributed by atoms with van der Waals surface area (Å²) in [7, 11) is 0. The molecule has 2 aliphatic rings. The molecule has 1 aromatic rings. The maximum absolute atomic E-state index is 12.5. The zero-order chi connectivity index (χ0) is 17.1. The first-order chi connectivity index (χ1) is 11.5. The summed E-state index contributed by atoms with van der Waals surface area (Å²) < 4.78 is 0. The van der Waals surface area contributed by atoms with Gasteiger partial charge in [-0.2, -0.15) is 0 Å². The Morgan fingerprint density at radius 2 is 1.88 bits per heavy atom. The number of nitrogens with zero attached hydrogens (tertiary/aromatic N) is 2. The molecule has 1 aliphatic heterocycles. The topological polar surface area (TPSA) is 49.6 Å². The smallest absolute Gasteiger partial charge is 0.222 e. The van der Waals surface area contributed by atoms with E-state index in [1.165, 1.54) is 12.0 Å². The van der Waals surface area contributed by atoms with Gasteiger partial charge in [0.2, 0.25) is 5.91 Å². The molecule has 5 heteroatoms. The molecule has 1 unspecified atom stereocenters. The van der Waals surface area contributed by atoms with Gasteiger partial charge in [-0.1, -0.05) is 30.2 Å². The van der Waals surface area contributed by atoms with Crippen LogP contribution in [-0.4, -0.2) is 47.9 Å². The van der Waals surface area contributed by atoms with Crippen LogP contribution in [-0.2, 0) is 4.79 Å². The molecule has 2 N–H and O–H groups in total. The maximum atomic E-state index is 12.5. The van der Waals surface area contributed by atoms with Crippen LogP contribution in [0.4, 0.5) is 0 Å². The van der Waals surface area contributed by atoms with Gasteiger partial charge in [-0.05, 0) is 43.4 Å². The van der Waals surface area contributed by atoms with E-state index in [1.54, 1.807) is 0 Å². The van der Waals surface area contributed by atoms with Gasteiger partial charge in [-0.25, -0.2) is 0 Å². The third kappa shape index (κ3) is 4.11. The summed E-state index contributed by atoms with van der Waals surface area (Å²) in [5.41, 5.74) is 7.38. The zero-order valence-electron chi connectivity index (χ0n) is 14.5. The minimum atomic E-state index is 0.222. The van der Waals surface area contributed by atoms with Crippen molar-refractivity contribution in [3.63, 3.8) is 0 Å². The molecule has 4 nitrogen and oxygen atoms in total. The van der Waals surface area contributed by atoms with Gasteiger partial charge in [0, 0.05) is 49.7 Å². The fourth-order valence-corrected chi connectivity index (χ4v) is 4.11. The first kappa shape index (κ1) is 17.7. The van der Waals surface area contributed by atoms with Crippen molar-refractivity contribution in [1.82, 2.24) is 9.80 Å². The Balaban J connectivity index is 1.49. The summed E-state index contributed by atoms with van der Waals surface area (Å²) in [6.45, 7) is 5.70. The van der Waals surface area contributed by atoms with Gasteiger partial charge in [0.05, 0.1) is 0 Å². The van der Waals surface area contributed by atoms with Gasteiger partial charge in [0.15, 0.2) is 0 Å². The number of hydrogen-bond acceptors (Lipinski definition) is 3. The second kappa shape index (κ2) is 7.85. The van der Waals surface area contributed by atoms with Crippen LogP contribution in [0.2, 0.25) is 5.02 Å². The van der Waals surface area contributed by atoms with Gasteiger partial charge in [0.1, 0.15) is 0 Å². The highest BCUT2D eigenvalue weighted by molar-refractivity contribution is 6.30. The van der Waals surface area contributed by atoms with Gasteiger partial charge in [-0.15, -0.1) is 0 Å². The van der Waals surface area contributed by atoms with E-state index in [4.69, 9.17) is 17.3 Å². The fourth-order valence-electron chi connectivity index (χ4n) is 3.98. The lowest BCUT2D eigenvalue weighted by atomic mass is 9.99. The third-order valence-electron chi connectivity index (χ3n) is 5.72. The minimum absolute atomic E-state index is 0.222. The van der Waals surface area contributed by atoms with Crippen molar-refractivity contribution in [3.8, 4) is 0 Å². The summed E-state index contributed by atoms with van der Waals surface area (Å²) >= 11 is 5.97. The molecule has 1 aromatic carbocycles. The molecular formula is C19H28ClN3O. The largest absolute Gasteiger partial charge is 0.340 e. The molecule has 0 spiro atoms. The first-order valence-corrected chi connectivity index (χ1v) is 9.45. The van der Waals surface area contributed by atoms with Gasteiger partial charge < -0.3 is 10.6 Å². The highest BCUT2D eigenvalue weighted by Gasteiger charge is 2.30. The van der Waals surface area contributed by atoms with E-state index < -0.39 is 0 Å². The summed E-state index contributed by atoms with van der Waals surface area (Å²) in [6, 6.07) is 8.64. The highest BCUT2D eigenvalue weighted by atomic mass is 35.5. The Hall–Kier alpha value is -1.10. The Morgan fingerprint density at radius 3 is 2.46 bits per heavy atom. The standard InChI is InChI=1S/C19H28ClN3O/c1-14(15-5-7-17(20)8-6-15)22-9-11-23(12-10-22)19(24)13-16-3-2-4-18(16)21/h5-8,14,16,18H,2-4,9-13,21H2,1H3/t14?,16-,18+/m0/s1. The van der Waals surface area contributed by atoms with Gasteiger partial charge in [-0.3, -0.25) is 9.69 Å². The van der Waals surface area contributed by atoms with Crippen LogP contribution < -0.4 is 5.73 Å². The molecule has 24 heavy (non-hydrogen) atoms. The Morgan fingerprint density at radius 1 is 1.21 bits per heavy atom. The van der Waals surface area contributed by atoms with Crippen LogP contribution in [0.3, 0.4) is 0 Å². The Bertz CT molecular complexity index is 554. The molecule has 1 aliphatic carbocycles. The van der Waals surface area contributed by atoms with E-state index in [-0.39, 0.29) is 11.9 Å². The van der Waals surface area contributed by atoms with Gasteiger partial charge >= 0.3 is 0 Å². The van der Waals surface area contributed by atoms with Crippen molar-refractivity contribution < 1.29 is 4.79 Å². The number of carbonyl (C=O) groups is 1. The fraction of sp³-hybridized carbons (Fsp3) is 0.632. The molecule has 3 atom stereocenters. The number of carbonyl (C=O) groups excluding carboxylic acids is 1. The van der Waals surface area contributed by atoms with E-state index in [1.807, 2.05) is 17.0 Å². The van der Waals surface area contributed by atoms with Crippen LogP contribution in [0.1, 0.15) is 44.2 Å². The number of rotatable bonds is 4. The monoisotopic (exact) mass is 349 g/mol. The van der Waals surface area contributed by atoms with Crippen LogP contribution in [0.15, 0.2) is 24.3 Å². The summed E-state index contributed by atoms with van der Waals surface area (Å²) in [5, 5.41) is 0.770. The van der Waals surface area contributed by atoms with Crippen molar-refractivity contribution in [1.29, 1.82) is 0 Å². The number of benzene rings is 1. The van der Waals surface area contributed by atoms with Crippen molar-refractivity contribution in [2.75, 3.05) is 26.2 Å². The molecular weight excluding hydrogens is 322 g/mol. The average Bonchev–Trinajstić information content (AvgIpc) is 3.00. The Labute approximate surface area is 149 Å². The number of piperazine rings is 1. The molecule has 0 radical (unpaired) electrons. The predicted octanol–water partition coefficient (Wildman–Crippen LogP) is 3.06. The van der Waals surface area contributed by atoms with Crippen molar-refractivity contribution in [3.05, 3.63) is 34.9 Å². The molecule has 1 heterocycles. The number of hydrogen-bond donors (Lipinski definition) is 1. The van der Waals surface area contributed by atoms with Crippen molar-refractivity contribution in [2.45, 2.75) is 44.7 Å². The first-order valence-electron chi connectivity index (χ1n) is 9.07. The van der Waals surface area contributed by atoms with Crippen molar-refractivity contribution >= 4 is 17.5 Å². The lowest BCUT2D eigenvalue weighted by molar-refractivity contribution is -0.134. The quantitative estimate of drug-likeness (QED) is 0.908. The molecule has 132 valence electrons. The van der Waals surface area contributed by atoms with Crippen LogP contribution in [0.25, 0.3) is 0 Å². The number of amides is 1. The van der Waals surface area contributed by atoms with E-state index in [9.17, 15) is 4.79 Å².